The molecule has 0 aromatic rings. The fraction of sp³-hybridized carbons (Fsp3) is 0.900. The molecule has 0 N–H and O–H groups in total. The van der Waals surface area contributed by atoms with Crippen LogP contribution in [0.25, 0.3) is 0 Å². The van der Waals surface area contributed by atoms with Crippen molar-refractivity contribution < 1.29 is 37.3 Å². The molecular weight excluding hydrogens is 277 g/mol. The Morgan fingerprint density at radius 1 is 1.32 bits per heavy atom. The number of phosphoric acid groups is 1. The van der Waals surface area contributed by atoms with Gasteiger partial charge in [0.15, 0.2) is 6.10 Å². The van der Waals surface area contributed by atoms with E-state index in [-0.39, 0.29) is 19.8 Å². The Morgan fingerprint density at radius 3 is 2.42 bits per heavy atom. The minimum atomic E-state index is -4.33. The lowest BCUT2D eigenvalue weighted by Crippen LogP contribution is -2.37. The number of carbonyl (C=O) groups excluding carboxylic acids is 1. The highest BCUT2D eigenvalue weighted by atomic mass is 31.2. The topological polar surface area (TPSA) is 97.4 Å². The number of phosphoric ester groups is 1. The van der Waals surface area contributed by atoms with Crippen LogP contribution in [0.5, 0.6) is 0 Å². The molecule has 1 saturated heterocycles. The van der Waals surface area contributed by atoms with Crippen molar-refractivity contribution in [3.05, 3.63) is 0 Å². The van der Waals surface area contributed by atoms with Crippen molar-refractivity contribution in [1.29, 1.82) is 0 Å². The lowest BCUT2D eigenvalue weighted by atomic mass is 10.5. The van der Waals surface area contributed by atoms with Crippen LogP contribution in [-0.2, 0) is 27.9 Å². The van der Waals surface area contributed by atoms with Gasteiger partial charge in [0, 0.05) is 0 Å². The van der Waals surface area contributed by atoms with Crippen molar-refractivity contribution >= 4 is 13.8 Å². The first-order valence-corrected chi connectivity index (χ1v) is 7.34. The molecule has 1 heterocycles. The summed E-state index contributed by atoms with van der Waals surface area (Å²) in [5, 5.41) is 0. The van der Waals surface area contributed by atoms with Crippen molar-refractivity contribution in [2.75, 3.05) is 54.1 Å². The molecule has 0 spiro atoms. The Morgan fingerprint density at radius 2 is 1.89 bits per heavy atom. The summed E-state index contributed by atoms with van der Waals surface area (Å²) < 4.78 is 30.5. The maximum atomic E-state index is 11.3. The van der Waals surface area contributed by atoms with Gasteiger partial charge in [-0.2, -0.15) is 0 Å². The van der Waals surface area contributed by atoms with Gasteiger partial charge in [0.1, 0.15) is 19.8 Å². The van der Waals surface area contributed by atoms with E-state index in [9.17, 15) is 14.3 Å². The van der Waals surface area contributed by atoms with Crippen LogP contribution in [0.4, 0.5) is 0 Å². The van der Waals surface area contributed by atoms with Gasteiger partial charge in [-0.1, -0.05) is 0 Å². The Bertz CT molecular complexity index is 350. The number of hydrogen-bond donors (Lipinski definition) is 0. The molecule has 1 rings (SSSR count). The van der Waals surface area contributed by atoms with E-state index in [0.717, 1.165) is 0 Å². The van der Waals surface area contributed by atoms with Crippen LogP contribution in [0.3, 0.4) is 0 Å². The van der Waals surface area contributed by atoms with Gasteiger partial charge in [-0.25, -0.2) is 4.79 Å². The number of hydrogen-bond acceptors (Lipinski definition) is 7. The van der Waals surface area contributed by atoms with E-state index < -0.39 is 19.9 Å². The zero-order valence-electron chi connectivity index (χ0n) is 11.4. The first-order chi connectivity index (χ1) is 8.70. The monoisotopic (exact) mass is 297 g/mol. The van der Waals surface area contributed by atoms with Crippen molar-refractivity contribution in [2.24, 2.45) is 0 Å². The van der Waals surface area contributed by atoms with Gasteiger partial charge < -0.3 is 27.9 Å². The number of likely N-dealkylation sites (N-methyl/N-ethyl adjacent to an activating group) is 1. The molecule has 0 radical (unpaired) electrons. The second kappa shape index (κ2) is 6.78. The highest BCUT2D eigenvalue weighted by molar-refractivity contribution is 7.45. The second-order valence-electron chi connectivity index (χ2n) is 5.12. The number of epoxide rings is 1. The van der Waals surface area contributed by atoms with Crippen LogP contribution in [0.2, 0.25) is 0 Å². The molecule has 112 valence electrons. The second-order valence-corrected chi connectivity index (χ2v) is 6.53. The Kier molecular flexibility index (Phi) is 5.91. The molecule has 0 amide bonds. The Balaban J connectivity index is 2.08. The molecule has 0 saturated carbocycles. The molecule has 1 fully saturated rings. The maximum absolute atomic E-state index is 11.3. The van der Waals surface area contributed by atoms with Gasteiger partial charge in [0.05, 0.1) is 34.4 Å². The van der Waals surface area contributed by atoms with Gasteiger partial charge >= 0.3 is 5.97 Å². The molecule has 0 bridgehead atoms. The van der Waals surface area contributed by atoms with Crippen LogP contribution in [0, 0.1) is 0 Å². The number of carbonyl (C=O) groups is 1. The Hall–Kier alpha value is -0.500. The summed E-state index contributed by atoms with van der Waals surface area (Å²) in [7, 11) is 1.42. The average molecular weight is 297 g/mol. The third kappa shape index (κ3) is 8.30. The van der Waals surface area contributed by atoms with E-state index in [1.54, 1.807) is 0 Å². The molecular formula is C10H20NO7P. The van der Waals surface area contributed by atoms with E-state index >= 15 is 0 Å². The minimum Gasteiger partial charge on any atom is -0.756 e. The largest absolute Gasteiger partial charge is 0.756 e. The summed E-state index contributed by atoms with van der Waals surface area (Å²) in [6, 6.07) is 0. The summed E-state index contributed by atoms with van der Waals surface area (Å²) in [5.41, 5.74) is 0. The third-order valence-corrected chi connectivity index (χ3v) is 3.18. The van der Waals surface area contributed by atoms with Gasteiger partial charge in [-0.3, -0.25) is 4.57 Å². The number of nitrogens with zero attached hydrogens (tertiary/aromatic N) is 1. The lowest BCUT2D eigenvalue weighted by Gasteiger charge is -2.27. The predicted molar refractivity (Wildman–Crippen MR) is 63.1 cm³/mol. The average Bonchev–Trinajstić information content (AvgIpc) is 3.05. The van der Waals surface area contributed by atoms with Crippen molar-refractivity contribution in [2.45, 2.75) is 6.10 Å². The SMILES string of the molecule is C[N+](C)(C)CCOP(=O)([O-])OCCOC(=O)C1CO1. The van der Waals surface area contributed by atoms with Crippen LogP contribution in [0.1, 0.15) is 0 Å². The molecule has 0 aliphatic carbocycles. The molecule has 19 heavy (non-hydrogen) atoms. The van der Waals surface area contributed by atoms with E-state index in [2.05, 4.69) is 9.05 Å². The van der Waals surface area contributed by atoms with Crippen molar-refractivity contribution in [1.82, 2.24) is 0 Å². The molecule has 2 unspecified atom stereocenters. The van der Waals surface area contributed by atoms with Crippen molar-refractivity contribution in [3.63, 3.8) is 0 Å². The summed E-state index contributed by atoms with van der Waals surface area (Å²) in [6.45, 7) is 0.519. The number of rotatable bonds is 9. The van der Waals surface area contributed by atoms with Crippen LogP contribution in [-0.4, -0.2) is 70.7 Å². The van der Waals surface area contributed by atoms with Gasteiger partial charge in [-0.15, -0.1) is 0 Å². The van der Waals surface area contributed by atoms with Crippen molar-refractivity contribution in [3.8, 4) is 0 Å². The maximum Gasteiger partial charge on any atom is 0.337 e. The molecule has 2 atom stereocenters. The van der Waals surface area contributed by atoms with E-state index in [4.69, 9.17) is 9.47 Å². The molecule has 0 aromatic carbocycles. The number of quaternary nitrogens is 1. The quantitative estimate of drug-likeness (QED) is 0.179. The van der Waals surface area contributed by atoms with Gasteiger partial charge in [0.25, 0.3) is 7.82 Å². The lowest BCUT2D eigenvalue weighted by molar-refractivity contribution is -0.870. The van der Waals surface area contributed by atoms with Crippen LogP contribution >= 0.6 is 7.82 Å². The Labute approximate surface area is 112 Å². The smallest absolute Gasteiger partial charge is 0.337 e. The molecule has 9 heteroatoms. The summed E-state index contributed by atoms with van der Waals surface area (Å²) >= 11 is 0. The minimum absolute atomic E-state index is 0.0416. The normalized spacial score (nSPS) is 21.8. The summed E-state index contributed by atoms with van der Waals surface area (Å²) in [5.74, 6) is -0.504. The number of ether oxygens (including phenoxy) is 2. The van der Waals surface area contributed by atoms with Crippen LogP contribution in [0.15, 0.2) is 0 Å². The summed E-state index contributed by atoms with van der Waals surface area (Å²) in [6.07, 6.45) is -0.500. The zero-order valence-corrected chi connectivity index (χ0v) is 12.3. The molecule has 1 aliphatic rings. The van der Waals surface area contributed by atoms with Gasteiger partial charge in [0.2, 0.25) is 0 Å². The third-order valence-electron chi connectivity index (χ3n) is 2.18. The molecule has 1 aliphatic heterocycles. The highest BCUT2D eigenvalue weighted by Gasteiger charge is 2.32. The zero-order chi connectivity index (χ0) is 14.5. The highest BCUT2D eigenvalue weighted by Crippen LogP contribution is 2.37. The first-order valence-electron chi connectivity index (χ1n) is 5.88. The molecule has 8 nitrogen and oxygen atoms in total. The fourth-order valence-corrected chi connectivity index (χ4v) is 1.71. The van der Waals surface area contributed by atoms with E-state index in [0.29, 0.717) is 17.6 Å². The molecule has 0 aromatic heterocycles. The predicted octanol–water partition coefficient (Wildman–Crippen LogP) is -0.864. The van der Waals surface area contributed by atoms with E-state index in [1.807, 2.05) is 21.1 Å². The number of esters is 1. The summed E-state index contributed by atoms with van der Waals surface area (Å²) in [4.78, 5) is 22.3. The van der Waals surface area contributed by atoms with E-state index in [1.165, 1.54) is 0 Å². The standard InChI is InChI=1S/C10H20NO7P/c1-11(2,3)4-5-17-19(13,14)18-7-6-15-10(12)9-8-16-9/h9H,4-8H2,1-3H3. The van der Waals surface area contributed by atoms with Crippen LogP contribution < -0.4 is 4.89 Å². The van der Waals surface area contributed by atoms with Gasteiger partial charge in [-0.05, 0) is 0 Å². The fourth-order valence-electron chi connectivity index (χ4n) is 1.03. The first kappa shape index (κ1) is 16.6.